The molecule has 4 aliphatic rings. The Hall–Kier alpha value is -0.890. The van der Waals surface area contributed by atoms with E-state index in [9.17, 15) is 9.90 Å². The number of hydrogen-bond donors (Lipinski definition) is 1. The van der Waals surface area contributed by atoms with Gasteiger partial charge in [0.1, 0.15) is 6.29 Å². The van der Waals surface area contributed by atoms with Gasteiger partial charge in [-0.05, 0) is 110 Å². The Bertz CT molecular complexity index is 821. The molecule has 0 unspecified atom stereocenters. The van der Waals surface area contributed by atoms with E-state index in [1.165, 1.54) is 44.9 Å². The lowest BCUT2D eigenvalue weighted by molar-refractivity contribution is -0.183. The maximum Gasteiger partial charge on any atom is 0.145 e. The zero-order valence-corrected chi connectivity index (χ0v) is 21.9. The number of hydrogen-bond acceptors (Lipinski definition) is 2. The summed E-state index contributed by atoms with van der Waals surface area (Å²) in [6, 6.07) is 0. The Kier molecular flexibility index (Phi) is 5.93. The maximum absolute atomic E-state index is 11.0. The van der Waals surface area contributed by atoms with Crippen LogP contribution < -0.4 is 0 Å². The van der Waals surface area contributed by atoms with Crippen LogP contribution in [0.25, 0.3) is 0 Å². The van der Waals surface area contributed by atoms with Crippen LogP contribution in [-0.2, 0) is 4.79 Å². The highest BCUT2D eigenvalue weighted by Crippen LogP contribution is 2.73. The van der Waals surface area contributed by atoms with Gasteiger partial charge in [-0.15, -0.1) is 0 Å². The second-order valence-electron chi connectivity index (χ2n) is 13.9. The highest BCUT2D eigenvalue weighted by molar-refractivity contribution is 5.71. The van der Waals surface area contributed by atoms with Gasteiger partial charge in [0.15, 0.2) is 0 Å². The number of carbonyl (C=O) groups is 1. The van der Waals surface area contributed by atoms with Crippen LogP contribution in [0.4, 0.5) is 0 Å². The average molecular weight is 441 g/mol. The molecule has 180 valence electrons. The number of aldehydes is 1. The lowest BCUT2D eigenvalue weighted by Gasteiger charge is -2.69. The highest BCUT2D eigenvalue weighted by atomic mass is 16.3. The fraction of sp³-hybridized carbons (Fsp3) is 0.833. The number of fused-ring (bicyclic) bond motifs is 5. The van der Waals surface area contributed by atoms with E-state index in [2.05, 4.69) is 53.7 Å². The SMILES string of the molecule is C/C(C=O)=C\CC[C@]1(C)CC[C@]2(C)[C@H]3CC=C4[C@@H](CC[C@H](O)C4(C)C)[C@]3(C)CC[C@@]2(C)C1. The Morgan fingerprint density at radius 2 is 1.78 bits per heavy atom. The van der Waals surface area contributed by atoms with Crippen molar-refractivity contribution in [1.82, 2.24) is 0 Å². The first-order valence-electron chi connectivity index (χ1n) is 13.3. The van der Waals surface area contributed by atoms with Crippen LogP contribution in [0.2, 0.25) is 0 Å². The van der Waals surface area contributed by atoms with Crippen molar-refractivity contribution in [2.75, 3.05) is 0 Å². The summed E-state index contributed by atoms with van der Waals surface area (Å²) < 4.78 is 0. The minimum atomic E-state index is -0.193. The quantitative estimate of drug-likeness (QED) is 0.277. The molecule has 3 saturated carbocycles. The van der Waals surface area contributed by atoms with Gasteiger partial charge in [-0.2, -0.15) is 0 Å². The molecule has 3 fully saturated rings. The Balaban J connectivity index is 1.60. The Labute approximate surface area is 197 Å². The van der Waals surface area contributed by atoms with E-state index in [0.717, 1.165) is 37.0 Å². The third-order valence-corrected chi connectivity index (χ3v) is 11.7. The van der Waals surface area contributed by atoms with Crippen molar-refractivity contribution < 1.29 is 9.90 Å². The third kappa shape index (κ3) is 3.50. The predicted molar refractivity (Wildman–Crippen MR) is 133 cm³/mol. The second kappa shape index (κ2) is 7.82. The zero-order valence-electron chi connectivity index (χ0n) is 21.9. The van der Waals surface area contributed by atoms with Crippen molar-refractivity contribution in [1.29, 1.82) is 0 Å². The van der Waals surface area contributed by atoms with E-state index in [0.29, 0.717) is 27.6 Å². The summed E-state index contributed by atoms with van der Waals surface area (Å²) in [6.45, 7) is 16.9. The molecule has 7 atom stereocenters. The normalized spacial score (nSPS) is 48.2. The van der Waals surface area contributed by atoms with Crippen LogP contribution in [-0.4, -0.2) is 17.5 Å². The average Bonchev–Trinajstić information content (AvgIpc) is 2.72. The minimum absolute atomic E-state index is 0.0726. The molecule has 0 aromatic heterocycles. The van der Waals surface area contributed by atoms with Crippen LogP contribution in [0, 0.1) is 38.9 Å². The Morgan fingerprint density at radius 3 is 2.47 bits per heavy atom. The van der Waals surface area contributed by atoms with Gasteiger partial charge in [0.2, 0.25) is 0 Å². The zero-order chi connectivity index (χ0) is 23.6. The van der Waals surface area contributed by atoms with Crippen molar-refractivity contribution in [2.24, 2.45) is 38.9 Å². The molecule has 0 saturated heterocycles. The van der Waals surface area contributed by atoms with Gasteiger partial charge < -0.3 is 5.11 Å². The van der Waals surface area contributed by atoms with Gasteiger partial charge >= 0.3 is 0 Å². The molecular weight excluding hydrogens is 392 g/mol. The van der Waals surface area contributed by atoms with Gasteiger partial charge in [-0.25, -0.2) is 0 Å². The standard InChI is InChI=1S/C30H48O2/c1-21(19-31)9-8-14-27(4)15-18-30(7)24-12-10-22-23(11-13-25(32)26(22,2)3)29(24,6)17-16-28(30,5)20-27/h9-10,19,23-25,32H,8,11-18,20H2,1-7H3/b21-9+/t23-,24+,25+,27-,28+,29+,30-/m1/s1. The lowest BCUT2D eigenvalue weighted by atomic mass is 9.35. The molecule has 4 aliphatic carbocycles. The summed E-state index contributed by atoms with van der Waals surface area (Å²) in [5, 5.41) is 10.7. The minimum Gasteiger partial charge on any atom is -0.392 e. The van der Waals surface area contributed by atoms with E-state index in [4.69, 9.17) is 0 Å². The smallest absolute Gasteiger partial charge is 0.145 e. The van der Waals surface area contributed by atoms with E-state index >= 15 is 0 Å². The van der Waals surface area contributed by atoms with E-state index < -0.39 is 0 Å². The number of rotatable bonds is 4. The maximum atomic E-state index is 11.0. The molecule has 32 heavy (non-hydrogen) atoms. The summed E-state index contributed by atoms with van der Waals surface area (Å²) >= 11 is 0. The van der Waals surface area contributed by atoms with Gasteiger partial charge in [-0.1, -0.05) is 59.3 Å². The molecule has 0 radical (unpaired) electrons. The number of allylic oxidation sites excluding steroid dienone is 3. The van der Waals surface area contributed by atoms with Crippen LogP contribution in [0.15, 0.2) is 23.3 Å². The second-order valence-corrected chi connectivity index (χ2v) is 13.9. The van der Waals surface area contributed by atoms with Gasteiger partial charge in [0, 0.05) is 5.41 Å². The molecular formula is C30H48O2. The largest absolute Gasteiger partial charge is 0.392 e. The van der Waals surface area contributed by atoms with Crippen LogP contribution in [0.5, 0.6) is 0 Å². The van der Waals surface area contributed by atoms with Crippen molar-refractivity contribution in [2.45, 2.75) is 119 Å². The topological polar surface area (TPSA) is 37.3 Å². The molecule has 2 heteroatoms. The molecule has 0 bridgehead atoms. The molecule has 1 N–H and O–H groups in total. The fourth-order valence-corrected chi connectivity index (χ4v) is 9.19. The number of carbonyl (C=O) groups excluding carboxylic acids is 1. The molecule has 0 amide bonds. The van der Waals surface area contributed by atoms with Crippen molar-refractivity contribution in [3.8, 4) is 0 Å². The first-order valence-corrected chi connectivity index (χ1v) is 13.3. The van der Waals surface area contributed by atoms with Crippen molar-refractivity contribution in [3.63, 3.8) is 0 Å². The molecule has 0 spiro atoms. The van der Waals surface area contributed by atoms with Crippen LogP contribution in [0.3, 0.4) is 0 Å². The third-order valence-electron chi connectivity index (χ3n) is 11.7. The monoisotopic (exact) mass is 440 g/mol. The fourth-order valence-electron chi connectivity index (χ4n) is 9.19. The van der Waals surface area contributed by atoms with Crippen LogP contribution in [0.1, 0.15) is 113 Å². The predicted octanol–water partition coefficient (Wildman–Crippen LogP) is 7.66. The van der Waals surface area contributed by atoms with Crippen LogP contribution >= 0.6 is 0 Å². The molecule has 0 aromatic carbocycles. The molecule has 0 aliphatic heterocycles. The Morgan fingerprint density at radius 1 is 1.06 bits per heavy atom. The first kappa shape index (κ1) is 24.2. The van der Waals surface area contributed by atoms with Gasteiger partial charge in [-0.3, -0.25) is 4.79 Å². The van der Waals surface area contributed by atoms with Crippen molar-refractivity contribution in [3.05, 3.63) is 23.3 Å². The van der Waals surface area contributed by atoms with Gasteiger partial charge in [0.05, 0.1) is 6.10 Å². The first-order chi connectivity index (χ1) is 14.8. The summed E-state index contributed by atoms with van der Waals surface area (Å²) in [6.07, 6.45) is 17.7. The molecule has 2 nitrogen and oxygen atoms in total. The summed E-state index contributed by atoms with van der Waals surface area (Å²) in [5.74, 6) is 1.39. The van der Waals surface area contributed by atoms with E-state index in [1.54, 1.807) is 5.57 Å². The number of aliphatic hydroxyl groups excluding tert-OH is 1. The summed E-state index contributed by atoms with van der Waals surface area (Å²) in [5.41, 5.74) is 3.90. The van der Waals surface area contributed by atoms with E-state index in [-0.39, 0.29) is 11.5 Å². The van der Waals surface area contributed by atoms with Crippen molar-refractivity contribution >= 4 is 6.29 Å². The molecule has 0 aromatic rings. The molecule has 0 heterocycles. The van der Waals surface area contributed by atoms with Gasteiger partial charge in [0.25, 0.3) is 0 Å². The van der Waals surface area contributed by atoms with E-state index in [1.807, 2.05) is 6.92 Å². The summed E-state index contributed by atoms with van der Waals surface area (Å²) in [4.78, 5) is 11.0. The molecule has 4 rings (SSSR count). The lowest BCUT2D eigenvalue weighted by Crippen LogP contribution is -2.61. The summed E-state index contributed by atoms with van der Waals surface area (Å²) in [7, 11) is 0. The number of aliphatic hydroxyl groups is 1. The highest BCUT2D eigenvalue weighted by Gasteiger charge is 2.65.